The average Bonchev–Trinajstić information content (AvgIpc) is 3.12. The van der Waals surface area contributed by atoms with Gasteiger partial charge in [0, 0.05) is 6.04 Å². The number of fused-ring (bicyclic) bond motifs is 1. The standard InChI is InChI=1S/C20H21NO6/c1-25-18(22)14-15(19(23)26-2)17(20(24)27-3)21-16(14)13-9-8-11-6-4-5-7-12(11)10-13/h4-10,14-17,21H,1-3H3/t14-,15+,16-,17-/m0/s1. The number of hydrogen-bond donors (Lipinski definition) is 1. The van der Waals surface area contributed by atoms with Gasteiger partial charge in [0.25, 0.3) is 0 Å². The predicted octanol–water partition coefficient (Wildman–Crippen LogP) is 1.60. The summed E-state index contributed by atoms with van der Waals surface area (Å²) in [6, 6.07) is 11.9. The molecule has 1 aliphatic heterocycles. The fourth-order valence-electron chi connectivity index (χ4n) is 3.70. The van der Waals surface area contributed by atoms with Gasteiger partial charge in [-0.05, 0) is 22.4 Å². The first-order chi connectivity index (χ1) is 13.0. The third kappa shape index (κ3) is 3.38. The summed E-state index contributed by atoms with van der Waals surface area (Å²) in [7, 11) is 3.70. The van der Waals surface area contributed by atoms with Crippen molar-refractivity contribution in [2.45, 2.75) is 12.1 Å². The second-order valence-corrected chi connectivity index (χ2v) is 6.35. The van der Waals surface area contributed by atoms with Gasteiger partial charge in [-0.3, -0.25) is 19.7 Å². The molecule has 2 aromatic rings. The molecule has 0 unspecified atom stereocenters. The summed E-state index contributed by atoms with van der Waals surface area (Å²) in [6.07, 6.45) is 0. The molecule has 1 saturated heterocycles. The summed E-state index contributed by atoms with van der Waals surface area (Å²) in [5.41, 5.74) is 0.768. The second-order valence-electron chi connectivity index (χ2n) is 6.35. The van der Waals surface area contributed by atoms with Gasteiger partial charge in [0.1, 0.15) is 6.04 Å². The van der Waals surface area contributed by atoms with Crippen molar-refractivity contribution in [2.24, 2.45) is 11.8 Å². The van der Waals surface area contributed by atoms with Crippen molar-refractivity contribution in [3.63, 3.8) is 0 Å². The number of esters is 3. The van der Waals surface area contributed by atoms with Gasteiger partial charge in [0.2, 0.25) is 0 Å². The number of methoxy groups -OCH3 is 3. The van der Waals surface area contributed by atoms with Crippen molar-refractivity contribution >= 4 is 28.7 Å². The number of hydrogen-bond acceptors (Lipinski definition) is 7. The molecular formula is C20H21NO6. The summed E-state index contributed by atoms with van der Waals surface area (Å²) < 4.78 is 14.6. The van der Waals surface area contributed by atoms with Crippen molar-refractivity contribution in [1.29, 1.82) is 0 Å². The van der Waals surface area contributed by atoms with E-state index in [0.29, 0.717) is 0 Å². The molecule has 7 nitrogen and oxygen atoms in total. The number of carbonyl (C=O) groups excluding carboxylic acids is 3. The Bertz CT molecular complexity index is 880. The van der Waals surface area contributed by atoms with E-state index >= 15 is 0 Å². The van der Waals surface area contributed by atoms with Crippen LogP contribution in [0.3, 0.4) is 0 Å². The first-order valence-electron chi connectivity index (χ1n) is 8.50. The maximum atomic E-state index is 12.5. The van der Waals surface area contributed by atoms with Gasteiger partial charge in [-0.15, -0.1) is 0 Å². The van der Waals surface area contributed by atoms with Crippen LogP contribution in [-0.2, 0) is 28.6 Å². The van der Waals surface area contributed by atoms with Crippen LogP contribution in [0.25, 0.3) is 10.8 Å². The van der Waals surface area contributed by atoms with Gasteiger partial charge >= 0.3 is 17.9 Å². The Morgan fingerprint density at radius 3 is 2.00 bits per heavy atom. The fraction of sp³-hybridized carbons (Fsp3) is 0.350. The topological polar surface area (TPSA) is 90.9 Å². The molecule has 142 valence electrons. The molecule has 0 amide bonds. The molecule has 0 saturated carbocycles. The molecule has 1 heterocycles. The van der Waals surface area contributed by atoms with E-state index in [9.17, 15) is 14.4 Å². The van der Waals surface area contributed by atoms with Crippen molar-refractivity contribution < 1.29 is 28.6 Å². The lowest BCUT2D eigenvalue weighted by atomic mass is 9.84. The second kappa shape index (κ2) is 7.75. The van der Waals surface area contributed by atoms with E-state index in [2.05, 4.69) is 5.32 Å². The lowest BCUT2D eigenvalue weighted by Crippen LogP contribution is -2.42. The van der Waals surface area contributed by atoms with Crippen LogP contribution in [-0.4, -0.2) is 45.3 Å². The number of nitrogens with one attached hydrogen (secondary N) is 1. The Morgan fingerprint density at radius 2 is 1.37 bits per heavy atom. The molecule has 27 heavy (non-hydrogen) atoms. The minimum Gasteiger partial charge on any atom is -0.469 e. The van der Waals surface area contributed by atoms with Crippen LogP contribution in [0.1, 0.15) is 11.6 Å². The van der Waals surface area contributed by atoms with Crippen LogP contribution in [0.15, 0.2) is 42.5 Å². The highest BCUT2D eigenvalue weighted by Gasteiger charge is 2.55. The van der Waals surface area contributed by atoms with E-state index in [-0.39, 0.29) is 0 Å². The number of carbonyl (C=O) groups is 3. The highest BCUT2D eigenvalue weighted by atomic mass is 16.5. The summed E-state index contributed by atoms with van der Waals surface area (Å²) in [5, 5.41) is 5.10. The maximum absolute atomic E-state index is 12.5. The van der Waals surface area contributed by atoms with Crippen molar-refractivity contribution in [3.8, 4) is 0 Å². The van der Waals surface area contributed by atoms with Crippen LogP contribution in [0.4, 0.5) is 0 Å². The van der Waals surface area contributed by atoms with E-state index in [4.69, 9.17) is 14.2 Å². The summed E-state index contributed by atoms with van der Waals surface area (Å²) in [5.74, 6) is -3.87. The van der Waals surface area contributed by atoms with Crippen LogP contribution in [0.2, 0.25) is 0 Å². The van der Waals surface area contributed by atoms with Gasteiger partial charge in [0.05, 0.1) is 33.2 Å². The average molecular weight is 371 g/mol. The number of benzene rings is 2. The molecule has 1 aliphatic rings. The maximum Gasteiger partial charge on any atom is 0.323 e. The zero-order valence-corrected chi connectivity index (χ0v) is 15.3. The third-order valence-corrected chi connectivity index (χ3v) is 5.00. The van der Waals surface area contributed by atoms with Crippen molar-refractivity contribution in [2.75, 3.05) is 21.3 Å². The molecule has 2 aromatic carbocycles. The monoisotopic (exact) mass is 371 g/mol. The minimum atomic E-state index is -1.05. The largest absolute Gasteiger partial charge is 0.469 e. The number of rotatable bonds is 4. The van der Waals surface area contributed by atoms with Crippen molar-refractivity contribution in [1.82, 2.24) is 5.32 Å². The molecule has 0 aliphatic carbocycles. The Morgan fingerprint density at radius 1 is 0.778 bits per heavy atom. The van der Waals surface area contributed by atoms with E-state index < -0.39 is 41.8 Å². The minimum absolute atomic E-state index is 0.595. The number of ether oxygens (including phenoxy) is 3. The van der Waals surface area contributed by atoms with Crippen LogP contribution in [0, 0.1) is 11.8 Å². The van der Waals surface area contributed by atoms with Gasteiger partial charge in [0.15, 0.2) is 0 Å². The molecule has 0 spiro atoms. The fourth-order valence-corrected chi connectivity index (χ4v) is 3.70. The molecular weight excluding hydrogens is 350 g/mol. The van der Waals surface area contributed by atoms with Gasteiger partial charge in [-0.2, -0.15) is 0 Å². The summed E-state index contributed by atoms with van der Waals surface area (Å²) in [4.78, 5) is 37.2. The van der Waals surface area contributed by atoms with Crippen LogP contribution >= 0.6 is 0 Å². The lowest BCUT2D eigenvalue weighted by molar-refractivity contribution is -0.159. The third-order valence-electron chi connectivity index (χ3n) is 5.00. The quantitative estimate of drug-likeness (QED) is 0.645. The Hall–Kier alpha value is -2.93. The normalized spacial score (nSPS) is 24.4. The molecule has 3 rings (SSSR count). The SMILES string of the molecule is COC(=O)[C@@H]1[C@H](C(=O)OC)[C@H](c2ccc3ccccc3c2)N[C@@H]1C(=O)OC. The van der Waals surface area contributed by atoms with E-state index in [1.165, 1.54) is 21.3 Å². The molecule has 4 atom stereocenters. The van der Waals surface area contributed by atoms with Crippen LogP contribution in [0.5, 0.6) is 0 Å². The van der Waals surface area contributed by atoms with Crippen molar-refractivity contribution in [3.05, 3.63) is 48.0 Å². The lowest BCUT2D eigenvalue weighted by Gasteiger charge is -2.21. The van der Waals surface area contributed by atoms with Gasteiger partial charge in [-0.25, -0.2) is 0 Å². The smallest absolute Gasteiger partial charge is 0.323 e. The molecule has 7 heteroatoms. The zero-order chi connectivity index (χ0) is 19.6. The van der Waals surface area contributed by atoms with E-state index in [0.717, 1.165) is 16.3 Å². The van der Waals surface area contributed by atoms with Gasteiger partial charge < -0.3 is 14.2 Å². The first kappa shape index (κ1) is 18.8. The summed E-state index contributed by atoms with van der Waals surface area (Å²) in [6.45, 7) is 0. The van der Waals surface area contributed by atoms with E-state index in [1.807, 2.05) is 42.5 Å². The Labute approximate surface area is 156 Å². The summed E-state index contributed by atoms with van der Waals surface area (Å²) >= 11 is 0. The van der Waals surface area contributed by atoms with E-state index in [1.54, 1.807) is 0 Å². The molecule has 1 N–H and O–H groups in total. The Balaban J connectivity index is 2.09. The molecule has 0 aromatic heterocycles. The first-order valence-corrected chi connectivity index (χ1v) is 8.50. The highest BCUT2D eigenvalue weighted by molar-refractivity contribution is 5.91. The molecule has 0 bridgehead atoms. The van der Waals surface area contributed by atoms with Gasteiger partial charge in [-0.1, -0.05) is 36.4 Å². The Kier molecular flexibility index (Phi) is 5.41. The highest BCUT2D eigenvalue weighted by Crippen LogP contribution is 2.40. The molecule has 0 radical (unpaired) electrons. The molecule has 1 fully saturated rings. The van der Waals surface area contributed by atoms with Crippen LogP contribution < -0.4 is 5.32 Å². The predicted molar refractivity (Wildman–Crippen MR) is 96.6 cm³/mol. The zero-order valence-electron chi connectivity index (χ0n) is 15.3.